The van der Waals surface area contributed by atoms with Crippen molar-refractivity contribution in [3.63, 3.8) is 0 Å². The molecule has 0 aliphatic carbocycles. The summed E-state index contributed by atoms with van der Waals surface area (Å²) in [5.74, 6) is 0.450. The van der Waals surface area contributed by atoms with Crippen molar-refractivity contribution in [2.24, 2.45) is 5.92 Å². The van der Waals surface area contributed by atoms with Gasteiger partial charge in [-0.2, -0.15) is 13.2 Å². The molecule has 2 atom stereocenters. The maximum Gasteiger partial charge on any atom is 0.422 e. The van der Waals surface area contributed by atoms with Crippen molar-refractivity contribution in [1.29, 1.82) is 0 Å². The normalized spacial score (nSPS) is 21.5. The number of ether oxygens (including phenoxy) is 1. The summed E-state index contributed by atoms with van der Waals surface area (Å²) in [6, 6.07) is 1.46. The van der Waals surface area contributed by atoms with Gasteiger partial charge in [-0.1, -0.05) is 6.92 Å². The number of urea groups is 1. The summed E-state index contributed by atoms with van der Waals surface area (Å²) < 4.78 is 41.6. The van der Waals surface area contributed by atoms with Gasteiger partial charge in [-0.05, 0) is 31.7 Å². The second-order valence-electron chi connectivity index (χ2n) is 6.10. The molecule has 1 fully saturated rings. The molecule has 2 unspecified atom stereocenters. The minimum Gasteiger partial charge on any atom is -0.482 e. The van der Waals surface area contributed by atoms with Crippen LogP contribution in [0.2, 0.25) is 0 Å². The lowest BCUT2D eigenvalue weighted by atomic mass is 9.92. The summed E-state index contributed by atoms with van der Waals surface area (Å²) in [5.41, 5.74) is 0.459. The maximum atomic E-state index is 12.3. The van der Waals surface area contributed by atoms with Gasteiger partial charge in [0.2, 0.25) is 0 Å². The average molecular weight is 345 g/mol. The minimum atomic E-state index is -4.42. The van der Waals surface area contributed by atoms with Gasteiger partial charge >= 0.3 is 12.2 Å². The second-order valence-corrected chi connectivity index (χ2v) is 6.10. The molecule has 0 spiro atoms. The third-order valence-corrected chi connectivity index (χ3v) is 4.33. The van der Waals surface area contributed by atoms with Crippen molar-refractivity contribution in [1.82, 2.24) is 15.2 Å². The van der Waals surface area contributed by atoms with Crippen LogP contribution in [0.1, 0.15) is 32.3 Å². The number of likely N-dealkylation sites (tertiary alicyclic amines) is 1. The molecular formula is C16H22F3N3O2. The lowest BCUT2D eigenvalue weighted by molar-refractivity contribution is -0.153. The largest absolute Gasteiger partial charge is 0.482 e. The quantitative estimate of drug-likeness (QED) is 0.910. The lowest BCUT2D eigenvalue weighted by Crippen LogP contribution is -2.50. The third-order valence-electron chi connectivity index (χ3n) is 4.33. The van der Waals surface area contributed by atoms with Gasteiger partial charge in [-0.3, -0.25) is 4.98 Å². The average Bonchev–Trinajstić information content (AvgIpc) is 2.53. The lowest BCUT2D eigenvalue weighted by Gasteiger charge is -2.37. The number of carbonyl (C=O) groups excluding carboxylic acids is 1. The minimum absolute atomic E-state index is 0.0233. The number of piperidine rings is 1. The van der Waals surface area contributed by atoms with Crippen LogP contribution in [0, 0.1) is 5.92 Å². The number of nitrogens with one attached hydrogen (secondary N) is 1. The van der Waals surface area contributed by atoms with E-state index in [9.17, 15) is 18.0 Å². The predicted octanol–water partition coefficient (Wildman–Crippen LogP) is 3.35. The first-order valence-corrected chi connectivity index (χ1v) is 7.95. The summed E-state index contributed by atoms with van der Waals surface area (Å²) in [6.07, 6.45) is 0.293. The van der Waals surface area contributed by atoms with Crippen molar-refractivity contribution >= 4 is 6.03 Å². The fraction of sp³-hybridized carbons (Fsp3) is 0.625. The number of nitrogens with zero attached hydrogens (tertiary/aromatic N) is 2. The van der Waals surface area contributed by atoms with Crippen LogP contribution in [0.25, 0.3) is 0 Å². The molecule has 0 aromatic carbocycles. The molecule has 2 heterocycles. The van der Waals surface area contributed by atoms with E-state index in [4.69, 9.17) is 4.74 Å². The fourth-order valence-electron chi connectivity index (χ4n) is 2.74. The number of halogens is 3. The first-order chi connectivity index (χ1) is 11.3. The molecule has 1 saturated heterocycles. The van der Waals surface area contributed by atoms with Gasteiger partial charge < -0.3 is 15.0 Å². The van der Waals surface area contributed by atoms with Crippen LogP contribution < -0.4 is 10.1 Å². The molecule has 1 aromatic heterocycles. The van der Waals surface area contributed by atoms with Crippen LogP contribution >= 0.6 is 0 Å². The molecule has 1 aliphatic heterocycles. The molecule has 1 aromatic rings. The number of hydrogen-bond acceptors (Lipinski definition) is 3. The second kappa shape index (κ2) is 7.72. The third kappa shape index (κ3) is 5.01. The SMILES string of the molecule is CC1CCCN(C(=O)NCc2ccncc2OCC(F)(F)F)C1C. The zero-order chi connectivity index (χ0) is 17.7. The standard InChI is InChI=1S/C16H22F3N3O2/c1-11-4-3-7-22(12(11)2)15(23)21-8-13-5-6-20-9-14(13)24-10-16(17,18)19/h5-6,9,11-12H,3-4,7-8,10H2,1-2H3,(H,21,23). The molecule has 2 amide bonds. The summed E-state index contributed by atoms with van der Waals surface area (Å²) >= 11 is 0. The fourth-order valence-corrected chi connectivity index (χ4v) is 2.74. The molecule has 0 saturated carbocycles. The van der Waals surface area contributed by atoms with Crippen LogP contribution in [-0.2, 0) is 6.54 Å². The van der Waals surface area contributed by atoms with Gasteiger partial charge in [-0.25, -0.2) is 4.79 Å². The number of hydrogen-bond donors (Lipinski definition) is 1. The first-order valence-electron chi connectivity index (χ1n) is 7.95. The van der Waals surface area contributed by atoms with E-state index in [2.05, 4.69) is 17.2 Å². The highest BCUT2D eigenvalue weighted by molar-refractivity contribution is 5.74. The van der Waals surface area contributed by atoms with Gasteiger partial charge in [0, 0.05) is 30.9 Å². The van der Waals surface area contributed by atoms with E-state index in [0.29, 0.717) is 18.0 Å². The van der Waals surface area contributed by atoms with E-state index in [1.807, 2.05) is 6.92 Å². The molecule has 1 aliphatic rings. The molecule has 24 heavy (non-hydrogen) atoms. The summed E-state index contributed by atoms with van der Waals surface area (Å²) in [6.45, 7) is 3.50. The zero-order valence-electron chi connectivity index (χ0n) is 13.8. The van der Waals surface area contributed by atoms with Gasteiger partial charge in [0.05, 0.1) is 6.20 Å². The Kier molecular flexibility index (Phi) is 5.90. The Bertz CT molecular complexity index is 566. The molecule has 1 N–H and O–H groups in total. The van der Waals surface area contributed by atoms with Crippen molar-refractivity contribution < 1.29 is 22.7 Å². The van der Waals surface area contributed by atoms with E-state index in [1.54, 1.807) is 4.90 Å². The number of carbonyl (C=O) groups is 1. The highest BCUT2D eigenvalue weighted by Crippen LogP contribution is 2.24. The molecular weight excluding hydrogens is 323 g/mol. The first kappa shape index (κ1) is 18.4. The summed E-state index contributed by atoms with van der Waals surface area (Å²) in [4.78, 5) is 17.9. The number of rotatable bonds is 4. The Hall–Kier alpha value is -1.99. The van der Waals surface area contributed by atoms with Gasteiger partial charge in [-0.15, -0.1) is 0 Å². The van der Waals surface area contributed by atoms with Gasteiger partial charge in [0.1, 0.15) is 5.75 Å². The van der Waals surface area contributed by atoms with E-state index < -0.39 is 12.8 Å². The van der Waals surface area contributed by atoms with Crippen LogP contribution in [0.4, 0.5) is 18.0 Å². The number of pyridine rings is 1. The van der Waals surface area contributed by atoms with Crippen LogP contribution in [0.5, 0.6) is 5.75 Å². The Morgan fingerprint density at radius 1 is 1.46 bits per heavy atom. The van der Waals surface area contributed by atoms with E-state index in [1.165, 1.54) is 18.5 Å². The van der Waals surface area contributed by atoms with Crippen molar-refractivity contribution in [3.05, 3.63) is 24.0 Å². The van der Waals surface area contributed by atoms with Crippen molar-refractivity contribution in [2.45, 2.75) is 45.5 Å². The number of amides is 2. The molecule has 5 nitrogen and oxygen atoms in total. The molecule has 8 heteroatoms. The monoisotopic (exact) mass is 345 g/mol. The number of alkyl halides is 3. The van der Waals surface area contributed by atoms with E-state index in [-0.39, 0.29) is 24.4 Å². The predicted molar refractivity (Wildman–Crippen MR) is 82.6 cm³/mol. The Morgan fingerprint density at radius 3 is 2.92 bits per heavy atom. The molecule has 134 valence electrons. The summed E-state index contributed by atoms with van der Waals surface area (Å²) in [5, 5.41) is 2.76. The topological polar surface area (TPSA) is 54.5 Å². The van der Waals surface area contributed by atoms with E-state index >= 15 is 0 Å². The zero-order valence-corrected chi connectivity index (χ0v) is 13.8. The molecule has 0 bridgehead atoms. The van der Waals surface area contributed by atoms with Crippen LogP contribution in [-0.4, -0.2) is 41.3 Å². The molecule has 0 radical (unpaired) electrons. The van der Waals surface area contributed by atoms with Gasteiger partial charge in [0.15, 0.2) is 6.61 Å². The van der Waals surface area contributed by atoms with Crippen molar-refractivity contribution in [3.8, 4) is 5.75 Å². The van der Waals surface area contributed by atoms with E-state index in [0.717, 1.165) is 12.8 Å². The van der Waals surface area contributed by atoms with Crippen LogP contribution in [0.15, 0.2) is 18.5 Å². The van der Waals surface area contributed by atoms with Gasteiger partial charge in [0.25, 0.3) is 0 Å². The Morgan fingerprint density at radius 2 is 2.21 bits per heavy atom. The highest BCUT2D eigenvalue weighted by Gasteiger charge is 2.30. The van der Waals surface area contributed by atoms with Crippen molar-refractivity contribution in [2.75, 3.05) is 13.2 Å². The smallest absolute Gasteiger partial charge is 0.422 e. The highest BCUT2D eigenvalue weighted by atomic mass is 19.4. The maximum absolute atomic E-state index is 12.3. The Labute approximate surface area is 139 Å². The Balaban J connectivity index is 1.95. The number of aromatic nitrogens is 1. The van der Waals surface area contributed by atoms with Crippen LogP contribution in [0.3, 0.4) is 0 Å². The molecule has 2 rings (SSSR count). The summed E-state index contributed by atoms with van der Waals surface area (Å²) in [7, 11) is 0.